The van der Waals surface area contributed by atoms with E-state index in [2.05, 4.69) is 160 Å². The Hall–Kier alpha value is -2.58. The highest BCUT2D eigenvalue weighted by Crippen LogP contribution is 2.52. The molecule has 6 heterocycles. The molecule has 7 rings (SSSR count). The summed E-state index contributed by atoms with van der Waals surface area (Å²) in [6.45, 7) is 13.8. The first kappa shape index (κ1) is 55.2. The first-order valence-corrected chi connectivity index (χ1v) is 33.1. The summed E-state index contributed by atoms with van der Waals surface area (Å²) < 4.78 is 0. The highest BCUT2D eigenvalue weighted by molar-refractivity contribution is 7.31. The summed E-state index contributed by atoms with van der Waals surface area (Å²) in [5, 5.41) is 0. The molecule has 0 amide bonds. The fraction of sp³-hybridized carbons (Fsp3) is 0.531. The van der Waals surface area contributed by atoms with Gasteiger partial charge in [-0.05, 0) is 142 Å². The molecule has 0 nitrogen and oxygen atoms in total. The lowest BCUT2D eigenvalue weighted by Crippen LogP contribution is -1.95. The molecule has 0 aliphatic rings. The fourth-order valence-electron chi connectivity index (χ4n) is 10.3. The number of hydrogen-bond donors (Lipinski definition) is 0. The normalized spacial score (nSPS) is 11.7. The van der Waals surface area contributed by atoms with Crippen LogP contribution in [0.25, 0.3) is 59.2 Å². The van der Waals surface area contributed by atoms with Gasteiger partial charge in [0.2, 0.25) is 0 Å². The number of thiophene rings is 6. The van der Waals surface area contributed by atoms with E-state index in [1.807, 2.05) is 22.7 Å². The molecule has 378 valence electrons. The van der Waals surface area contributed by atoms with E-state index in [1.165, 1.54) is 230 Å². The summed E-state index contributed by atoms with van der Waals surface area (Å²) in [5.74, 6) is 0. The summed E-state index contributed by atoms with van der Waals surface area (Å²) in [6, 6.07) is 28.6. The van der Waals surface area contributed by atoms with Gasteiger partial charge in [0.15, 0.2) is 0 Å². The number of hydrogen-bond acceptors (Lipinski definition) is 6. The van der Waals surface area contributed by atoms with Gasteiger partial charge < -0.3 is 0 Å². The monoisotopic (exact) mass is 1050 g/mol. The lowest BCUT2D eigenvalue weighted by molar-refractivity contribution is 0.600. The van der Waals surface area contributed by atoms with Crippen LogP contribution >= 0.6 is 68.0 Å². The average molecular weight is 1050 g/mol. The van der Waals surface area contributed by atoms with Crippen molar-refractivity contribution in [2.24, 2.45) is 0 Å². The highest BCUT2D eigenvalue weighted by atomic mass is 32.1. The van der Waals surface area contributed by atoms with Crippen molar-refractivity contribution in [3.05, 3.63) is 105 Å². The van der Waals surface area contributed by atoms with Crippen LogP contribution in [0.5, 0.6) is 0 Å². The molecule has 0 saturated heterocycles. The molecule has 0 bridgehead atoms. The topological polar surface area (TPSA) is 0 Å². The Labute approximate surface area is 450 Å². The van der Waals surface area contributed by atoms with Crippen LogP contribution in [0, 0.1) is 13.8 Å². The van der Waals surface area contributed by atoms with Crippen LogP contribution in [0.2, 0.25) is 0 Å². The minimum atomic E-state index is 1.20. The van der Waals surface area contributed by atoms with Crippen molar-refractivity contribution in [1.29, 1.82) is 0 Å². The lowest BCUT2D eigenvalue weighted by Gasteiger charge is -2.10. The zero-order valence-electron chi connectivity index (χ0n) is 44.2. The third kappa shape index (κ3) is 15.7. The van der Waals surface area contributed by atoms with Crippen LogP contribution in [-0.4, -0.2) is 0 Å². The molecule has 0 radical (unpaired) electrons. The Kier molecular flexibility index (Phi) is 23.6. The summed E-state index contributed by atoms with van der Waals surface area (Å²) in [6.07, 6.45) is 37.1. The molecule has 0 atom stereocenters. The number of unbranched alkanes of at least 4 members (excludes halogenated alkanes) is 20. The number of benzene rings is 1. The van der Waals surface area contributed by atoms with Crippen molar-refractivity contribution in [2.75, 3.05) is 0 Å². The minimum absolute atomic E-state index is 1.20. The van der Waals surface area contributed by atoms with E-state index in [9.17, 15) is 0 Å². The summed E-state index contributed by atoms with van der Waals surface area (Å²) >= 11 is 12.3. The minimum Gasteiger partial charge on any atom is -0.140 e. The molecule has 7 aromatic rings. The van der Waals surface area contributed by atoms with Gasteiger partial charge in [-0.15, -0.1) is 68.0 Å². The van der Waals surface area contributed by atoms with Crippen LogP contribution < -0.4 is 0 Å². The molecular weight excluding hydrogens is 961 g/mol. The van der Waals surface area contributed by atoms with Gasteiger partial charge in [-0.2, -0.15) is 0 Å². The Morgan fingerprint density at radius 3 is 0.886 bits per heavy atom. The van der Waals surface area contributed by atoms with Crippen LogP contribution in [0.3, 0.4) is 0 Å². The molecule has 0 saturated carbocycles. The molecule has 0 aliphatic carbocycles. The van der Waals surface area contributed by atoms with Crippen molar-refractivity contribution in [1.82, 2.24) is 0 Å². The second kappa shape index (κ2) is 30.0. The summed E-state index contributed by atoms with van der Waals surface area (Å²) in [7, 11) is 0. The molecular formula is C64H86S6. The first-order chi connectivity index (χ1) is 34.4. The van der Waals surface area contributed by atoms with E-state index in [-0.39, 0.29) is 0 Å². The van der Waals surface area contributed by atoms with Gasteiger partial charge in [-0.1, -0.05) is 186 Å². The second-order valence-corrected chi connectivity index (χ2v) is 26.9. The van der Waals surface area contributed by atoms with Gasteiger partial charge in [0.25, 0.3) is 0 Å². The maximum Gasteiger partial charge on any atom is 0.0484 e. The molecule has 6 aromatic heterocycles. The van der Waals surface area contributed by atoms with E-state index in [0.717, 1.165) is 0 Å². The van der Waals surface area contributed by atoms with Crippen molar-refractivity contribution in [3.8, 4) is 59.2 Å². The quantitative estimate of drug-likeness (QED) is 0.0353. The maximum atomic E-state index is 2.49. The highest BCUT2D eigenvalue weighted by Gasteiger charge is 2.25. The standard InChI is InChI=1S/C64H86S6/c1-7-11-15-19-23-27-31-50-51(32-28-24-20-16-12-8-2)63(69-61(50)57-40-37-48(6)65-57)59-45-42-55(67-59)56-43-46-60(68-56)64-53(34-30-26-22-18-14-10-4)52(33-29-25-21-17-13-9-3)62(70-64)58-44-41-54(66-58)49-38-35-47(5)36-39-49/h35-46H,7-34H2,1-6H3. The smallest absolute Gasteiger partial charge is 0.0484 e. The number of rotatable bonds is 34. The van der Waals surface area contributed by atoms with Gasteiger partial charge in [0.05, 0.1) is 0 Å². The molecule has 0 aliphatic heterocycles. The predicted octanol–water partition coefficient (Wildman–Crippen LogP) is 24.3. The Morgan fingerprint density at radius 2 is 0.543 bits per heavy atom. The molecule has 1 aromatic carbocycles. The van der Waals surface area contributed by atoms with Gasteiger partial charge >= 0.3 is 0 Å². The number of aryl methyl sites for hydroxylation is 2. The van der Waals surface area contributed by atoms with E-state index in [4.69, 9.17) is 0 Å². The maximum absolute atomic E-state index is 2.49. The van der Waals surface area contributed by atoms with Crippen LogP contribution in [0.1, 0.15) is 214 Å². The van der Waals surface area contributed by atoms with Crippen LogP contribution in [0.4, 0.5) is 0 Å². The molecule has 0 fully saturated rings. The molecule has 6 heteroatoms. The molecule has 0 unspecified atom stereocenters. The Bertz CT molecular complexity index is 2540. The Morgan fingerprint density at radius 1 is 0.257 bits per heavy atom. The summed E-state index contributed by atoms with van der Waals surface area (Å²) in [5.41, 5.74) is 9.35. The Balaban J connectivity index is 1.22. The SMILES string of the molecule is CCCCCCCCc1c(-c2ccc(C)s2)sc(-c2ccc(-c3ccc(-c4sc(-c5ccc(-c6ccc(C)cc6)s5)c(CCCCCCCC)c4CCCCCCCC)s3)s2)c1CCCCCCCC. The van der Waals surface area contributed by atoms with E-state index in [0.29, 0.717) is 0 Å². The van der Waals surface area contributed by atoms with Gasteiger partial charge in [-0.25, -0.2) is 0 Å². The second-order valence-electron chi connectivity index (χ2n) is 20.3. The molecule has 0 spiro atoms. The predicted molar refractivity (Wildman–Crippen MR) is 324 cm³/mol. The average Bonchev–Trinajstić information content (AvgIpc) is 4.24. The van der Waals surface area contributed by atoms with Crippen molar-refractivity contribution >= 4 is 68.0 Å². The van der Waals surface area contributed by atoms with E-state index in [1.54, 1.807) is 41.8 Å². The van der Waals surface area contributed by atoms with Crippen molar-refractivity contribution < 1.29 is 0 Å². The molecule has 0 N–H and O–H groups in total. The van der Waals surface area contributed by atoms with E-state index >= 15 is 0 Å². The summed E-state index contributed by atoms with van der Waals surface area (Å²) in [4.78, 5) is 17.8. The third-order valence-electron chi connectivity index (χ3n) is 14.4. The van der Waals surface area contributed by atoms with E-state index < -0.39 is 0 Å². The fourth-order valence-corrected chi connectivity index (χ4v) is 17.6. The lowest BCUT2D eigenvalue weighted by atomic mass is 9.95. The zero-order chi connectivity index (χ0) is 48.9. The third-order valence-corrected chi connectivity index (χ3v) is 22.2. The van der Waals surface area contributed by atoms with Crippen LogP contribution in [0.15, 0.2) is 72.8 Å². The van der Waals surface area contributed by atoms with Gasteiger partial charge in [-0.3, -0.25) is 0 Å². The zero-order valence-corrected chi connectivity index (χ0v) is 49.1. The van der Waals surface area contributed by atoms with Crippen molar-refractivity contribution in [3.63, 3.8) is 0 Å². The van der Waals surface area contributed by atoms with Crippen LogP contribution in [-0.2, 0) is 25.7 Å². The molecule has 70 heavy (non-hydrogen) atoms. The van der Waals surface area contributed by atoms with Gasteiger partial charge in [0.1, 0.15) is 0 Å². The van der Waals surface area contributed by atoms with Gasteiger partial charge in [0, 0.05) is 58.5 Å². The largest absolute Gasteiger partial charge is 0.140 e. The first-order valence-electron chi connectivity index (χ1n) is 28.2. The van der Waals surface area contributed by atoms with Crippen molar-refractivity contribution in [2.45, 2.75) is 221 Å².